The Morgan fingerprint density at radius 3 is 2.84 bits per heavy atom. The summed E-state index contributed by atoms with van der Waals surface area (Å²) in [5.74, 6) is 1.28. The lowest BCUT2D eigenvalue weighted by molar-refractivity contribution is 0.758. The molecule has 0 N–H and O–H groups in total. The highest BCUT2D eigenvalue weighted by Gasteiger charge is 2.10. The molecule has 0 amide bonds. The van der Waals surface area contributed by atoms with Crippen LogP contribution in [0.5, 0.6) is 0 Å². The summed E-state index contributed by atoms with van der Waals surface area (Å²) in [5, 5.41) is 0. The maximum atomic E-state index is 6.00. The Morgan fingerprint density at radius 2 is 2.11 bits per heavy atom. The van der Waals surface area contributed by atoms with Crippen molar-refractivity contribution in [2.75, 3.05) is 0 Å². The minimum Gasteiger partial charge on any atom is -0.321 e. The van der Waals surface area contributed by atoms with E-state index >= 15 is 0 Å². The molecule has 0 aliphatic heterocycles. The molecule has 0 spiro atoms. The molecule has 0 radical (unpaired) electrons. The van der Waals surface area contributed by atoms with Crippen molar-refractivity contribution in [3.05, 3.63) is 57.7 Å². The minimum absolute atomic E-state index is 0.401. The van der Waals surface area contributed by atoms with E-state index in [0.717, 1.165) is 22.6 Å². The Hall–Kier alpha value is -1.14. The van der Waals surface area contributed by atoms with Gasteiger partial charge >= 0.3 is 0 Å². The average Bonchev–Trinajstić information content (AvgIpc) is 2.77. The highest BCUT2D eigenvalue weighted by Crippen LogP contribution is 2.21. The summed E-state index contributed by atoms with van der Waals surface area (Å²) < 4.78 is 3.30. The zero-order valence-corrected chi connectivity index (χ0v) is 13.0. The summed E-state index contributed by atoms with van der Waals surface area (Å²) >= 11 is 8.29. The second-order valence-corrected chi connectivity index (χ2v) is 5.71. The molecular weight excluding hydrogens is 373 g/mol. The topological polar surface area (TPSA) is 30.7 Å². The Bertz CT molecular complexity index is 709. The van der Waals surface area contributed by atoms with Gasteiger partial charge in [-0.15, -0.1) is 11.6 Å². The normalized spacial score (nSPS) is 11.1. The van der Waals surface area contributed by atoms with Gasteiger partial charge in [0.05, 0.1) is 29.2 Å². The van der Waals surface area contributed by atoms with Crippen molar-refractivity contribution in [1.82, 2.24) is 14.5 Å². The molecule has 3 aromatic rings. The minimum atomic E-state index is 0.401. The molecule has 19 heavy (non-hydrogen) atoms. The summed E-state index contributed by atoms with van der Waals surface area (Å²) in [6, 6.07) is 12.2. The van der Waals surface area contributed by atoms with E-state index in [0.29, 0.717) is 12.4 Å². The third kappa shape index (κ3) is 2.60. The van der Waals surface area contributed by atoms with Crippen molar-refractivity contribution in [2.24, 2.45) is 0 Å². The fourth-order valence-corrected chi connectivity index (χ4v) is 2.76. The van der Waals surface area contributed by atoms with Gasteiger partial charge in [0.15, 0.2) is 0 Å². The molecule has 0 aliphatic rings. The van der Waals surface area contributed by atoms with Crippen molar-refractivity contribution < 1.29 is 0 Å². The van der Waals surface area contributed by atoms with E-state index in [2.05, 4.69) is 55.3 Å². The van der Waals surface area contributed by atoms with Gasteiger partial charge in [-0.25, -0.2) is 4.98 Å². The summed E-state index contributed by atoms with van der Waals surface area (Å²) in [6.45, 7) is 0.694. The first-order valence-corrected chi connectivity index (χ1v) is 7.50. The van der Waals surface area contributed by atoms with Crippen molar-refractivity contribution in [1.29, 1.82) is 0 Å². The van der Waals surface area contributed by atoms with Crippen LogP contribution in [0.3, 0.4) is 0 Å². The number of fused-ring (bicyclic) bond motifs is 1. The maximum absolute atomic E-state index is 6.00. The quantitative estimate of drug-likeness (QED) is 0.508. The number of imidazole rings is 1. The van der Waals surface area contributed by atoms with E-state index in [1.165, 1.54) is 3.57 Å². The van der Waals surface area contributed by atoms with Gasteiger partial charge in [0.2, 0.25) is 0 Å². The lowest BCUT2D eigenvalue weighted by Gasteiger charge is -2.07. The van der Waals surface area contributed by atoms with E-state index in [9.17, 15) is 0 Å². The van der Waals surface area contributed by atoms with Gasteiger partial charge in [0.1, 0.15) is 5.82 Å². The molecule has 0 fully saturated rings. The number of rotatable bonds is 3. The van der Waals surface area contributed by atoms with Gasteiger partial charge in [0, 0.05) is 9.77 Å². The van der Waals surface area contributed by atoms with Crippen LogP contribution in [0.25, 0.3) is 11.0 Å². The summed E-state index contributed by atoms with van der Waals surface area (Å²) in [6.07, 6.45) is 1.80. The molecule has 2 heterocycles. The Morgan fingerprint density at radius 1 is 1.21 bits per heavy atom. The lowest BCUT2D eigenvalue weighted by Crippen LogP contribution is -2.05. The third-order valence-electron chi connectivity index (χ3n) is 2.96. The van der Waals surface area contributed by atoms with Crippen LogP contribution in [0.15, 0.2) is 42.6 Å². The van der Waals surface area contributed by atoms with E-state index in [-0.39, 0.29) is 0 Å². The van der Waals surface area contributed by atoms with Crippen molar-refractivity contribution in [2.45, 2.75) is 12.4 Å². The van der Waals surface area contributed by atoms with Gasteiger partial charge in [0.25, 0.3) is 0 Å². The number of nitrogens with zero attached hydrogens (tertiary/aromatic N) is 3. The number of halogens is 2. The van der Waals surface area contributed by atoms with Gasteiger partial charge in [-0.1, -0.05) is 6.07 Å². The zero-order valence-electron chi connectivity index (χ0n) is 10.1. The molecule has 0 saturated carbocycles. The zero-order chi connectivity index (χ0) is 13.2. The van der Waals surface area contributed by atoms with E-state index in [1.54, 1.807) is 6.20 Å². The summed E-state index contributed by atoms with van der Waals surface area (Å²) in [7, 11) is 0. The van der Waals surface area contributed by atoms with E-state index in [4.69, 9.17) is 11.6 Å². The van der Waals surface area contributed by atoms with E-state index in [1.807, 2.05) is 18.2 Å². The third-order valence-corrected chi connectivity index (χ3v) is 3.87. The second kappa shape index (κ2) is 5.46. The Labute approximate surface area is 129 Å². The average molecular weight is 384 g/mol. The molecule has 0 saturated heterocycles. The number of hydrogen-bond donors (Lipinski definition) is 0. The van der Waals surface area contributed by atoms with Crippen LogP contribution in [0.1, 0.15) is 11.5 Å². The molecule has 3 nitrogen and oxygen atoms in total. The van der Waals surface area contributed by atoms with Gasteiger partial charge < -0.3 is 4.57 Å². The predicted octanol–water partition coefficient (Wildman–Crippen LogP) is 3.82. The molecule has 0 atom stereocenters. The number of alkyl halides is 1. The molecule has 3 rings (SSSR count). The van der Waals surface area contributed by atoms with Crippen LogP contribution in [0, 0.1) is 3.57 Å². The number of pyridine rings is 1. The summed E-state index contributed by atoms with van der Waals surface area (Å²) in [4.78, 5) is 8.95. The number of aromatic nitrogens is 3. The summed E-state index contributed by atoms with van der Waals surface area (Å²) in [5.41, 5.74) is 3.09. The monoisotopic (exact) mass is 383 g/mol. The van der Waals surface area contributed by atoms with Crippen molar-refractivity contribution >= 4 is 45.2 Å². The molecule has 5 heteroatoms. The largest absolute Gasteiger partial charge is 0.321 e. The second-order valence-electron chi connectivity index (χ2n) is 4.20. The molecule has 0 bridgehead atoms. The SMILES string of the molecule is ClCc1nc2cc(I)ccc2n1Cc1ccccn1. The molecular formula is C14H11ClIN3. The first-order valence-electron chi connectivity index (χ1n) is 5.88. The van der Waals surface area contributed by atoms with Crippen molar-refractivity contribution in [3.63, 3.8) is 0 Å². The smallest absolute Gasteiger partial charge is 0.125 e. The molecule has 1 aromatic carbocycles. The predicted molar refractivity (Wildman–Crippen MR) is 85.3 cm³/mol. The van der Waals surface area contributed by atoms with Gasteiger partial charge in [-0.2, -0.15) is 0 Å². The Kier molecular flexibility index (Phi) is 3.70. The number of benzene rings is 1. The van der Waals surface area contributed by atoms with E-state index < -0.39 is 0 Å². The molecule has 0 unspecified atom stereocenters. The lowest BCUT2D eigenvalue weighted by atomic mass is 10.3. The highest BCUT2D eigenvalue weighted by atomic mass is 127. The maximum Gasteiger partial charge on any atom is 0.125 e. The molecule has 96 valence electrons. The van der Waals surface area contributed by atoms with Crippen LogP contribution < -0.4 is 0 Å². The fourth-order valence-electron chi connectivity index (χ4n) is 2.08. The van der Waals surface area contributed by atoms with Crippen LogP contribution in [-0.2, 0) is 12.4 Å². The standard InChI is InChI=1S/C14H11ClIN3/c15-8-14-18-12-7-10(16)4-5-13(12)19(14)9-11-3-1-2-6-17-11/h1-7H,8-9H2. The highest BCUT2D eigenvalue weighted by molar-refractivity contribution is 14.1. The first-order chi connectivity index (χ1) is 9.28. The van der Waals surface area contributed by atoms with Crippen LogP contribution in [0.2, 0.25) is 0 Å². The molecule has 2 aromatic heterocycles. The van der Waals surface area contributed by atoms with Gasteiger partial charge in [-0.3, -0.25) is 4.98 Å². The molecule has 0 aliphatic carbocycles. The van der Waals surface area contributed by atoms with Gasteiger partial charge in [-0.05, 0) is 52.9 Å². The van der Waals surface area contributed by atoms with Crippen LogP contribution >= 0.6 is 34.2 Å². The number of hydrogen-bond acceptors (Lipinski definition) is 2. The van der Waals surface area contributed by atoms with Crippen LogP contribution in [0.4, 0.5) is 0 Å². The first kappa shape index (κ1) is 12.9. The van der Waals surface area contributed by atoms with Crippen molar-refractivity contribution in [3.8, 4) is 0 Å². The van der Waals surface area contributed by atoms with Crippen LogP contribution in [-0.4, -0.2) is 14.5 Å². The fraction of sp³-hybridized carbons (Fsp3) is 0.143. The Balaban J connectivity index is 2.11.